The first-order valence-electron chi connectivity index (χ1n) is 0.691. The second kappa shape index (κ2) is 33.3. The molecule has 0 aliphatic carbocycles. The normalized spacial score (nSPS) is 2.60. The van der Waals surface area contributed by atoms with Crippen molar-refractivity contribution in [2.24, 2.45) is 5.73 Å². The summed E-state index contributed by atoms with van der Waals surface area (Å²) < 4.78 is 0. The summed E-state index contributed by atoms with van der Waals surface area (Å²) in [7, 11) is 1.50. The number of nitrogens with two attached hydrogens (primary N) is 1. The van der Waals surface area contributed by atoms with Crippen LogP contribution in [-0.4, -0.2) is 33.3 Å². The molecule has 0 spiro atoms. The van der Waals surface area contributed by atoms with Gasteiger partial charge in [-0.15, -0.1) is 0 Å². The summed E-state index contributed by atoms with van der Waals surface area (Å²) >= 11 is 4.88. The maximum atomic E-state index is 4.50. The van der Waals surface area contributed by atoms with Crippen molar-refractivity contribution in [3.05, 3.63) is 0 Å². The molecular weight excluding hydrogens is 470 g/mol. The molecule has 0 unspecified atom stereocenters. The number of halogens is 1. The van der Waals surface area contributed by atoms with E-state index in [0.29, 0.717) is 0 Å². The molecular formula is CH5AgBiIN+3. The van der Waals surface area contributed by atoms with Gasteiger partial charge in [0.25, 0.3) is 0 Å². The largest absolute Gasteiger partial charge is 3.00 e. The van der Waals surface area contributed by atoms with E-state index in [-0.39, 0.29) is 26.2 Å². The van der Waals surface area contributed by atoms with Gasteiger partial charge in [0.15, 0.2) is 0 Å². The van der Waals surface area contributed by atoms with Crippen molar-refractivity contribution in [2.45, 2.75) is 0 Å². The van der Waals surface area contributed by atoms with Crippen LogP contribution in [0.3, 0.4) is 0 Å². The van der Waals surface area contributed by atoms with E-state index in [0.717, 1.165) is 0 Å². The Kier molecular flexibility index (Phi) is 104. The molecule has 2 N–H and O–H groups in total. The minimum atomic E-state index is 0. The van der Waals surface area contributed by atoms with Gasteiger partial charge in [-0.05, 0) is 7.05 Å². The summed E-state index contributed by atoms with van der Waals surface area (Å²) in [6.07, 6.45) is 0. The van der Waals surface area contributed by atoms with Crippen molar-refractivity contribution in [1.29, 1.82) is 0 Å². The minimum absolute atomic E-state index is 0. The smallest absolute Gasteiger partial charge is 3.00 e. The van der Waals surface area contributed by atoms with Gasteiger partial charge in [-0.1, -0.05) is 0 Å². The molecule has 34 valence electrons. The van der Waals surface area contributed by atoms with Gasteiger partial charge < -0.3 is 5.73 Å². The Labute approximate surface area is 74.0 Å². The fraction of sp³-hybridized carbons (Fsp3) is 1.00. The van der Waals surface area contributed by atoms with E-state index >= 15 is 0 Å². The molecule has 5 heavy (non-hydrogen) atoms. The Bertz CT molecular complexity index is 11.6. The molecule has 0 amide bonds. The third kappa shape index (κ3) is 21.9. The zero-order valence-corrected chi connectivity index (χ0v) is 9.82. The van der Waals surface area contributed by atoms with Crippen LogP contribution in [0.1, 0.15) is 0 Å². The maximum Gasteiger partial charge on any atom is 3.00 e. The molecule has 4 heteroatoms. The van der Waals surface area contributed by atoms with Gasteiger partial charge in [-0.25, -0.2) is 0 Å². The van der Waals surface area contributed by atoms with Crippen LogP contribution >= 0.6 is 19.0 Å². The van der Waals surface area contributed by atoms with Gasteiger partial charge in [0.1, 0.15) is 0 Å². The van der Waals surface area contributed by atoms with E-state index in [2.05, 4.69) is 23.0 Å². The zero-order chi connectivity index (χ0) is 4.00. The summed E-state index contributed by atoms with van der Waals surface area (Å²) in [5, 5.41) is 0. The number of hydrogen-bond donors (Lipinski definition) is 1. The first-order chi connectivity index (χ1) is 2.00. The molecule has 2 radical (unpaired) electrons. The van der Waals surface area contributed by atoms with Gasteiger partial charge in [-0.2, -0.15) is 0 Å². The van der Waals surface area contributed by atoms with E-state index < -0.39 is 0 Å². The van der Waals surface area contributed by atoms with E-state index in [4.69, 9.17) is 0 Å². The third-order valence-electron chi connectivity index (χ3n) is 0. The molecule has 0 aromatic rings. The van der Waals surface area contributed by atoms with Gasteiger partial charge in [0.05, 0.1) is 0 Å². The van der Waals surface area contributed by atoms with Crippen molar-refractivity contribution in [1.82, 2.24) is 0 Å². The minimum Gasteiger partial charge on any atom is 3.00 e. The molecule has 0 aromatic heterocycles. The van der Waals surface area contributed by atoms with E-state index in [1.54, 1.807) is 0 Å². The van der Waals surface area contributed by atoms with Crippen LogP contribution in [0.4, 0.5) is 0 Å². The second-order valence-electron chi connectivity index (χ2n) is 0. The first-order valence-corrected chi connectivity index (χ1v) is 5.10. The molecule has 1 nitrogen and oxygen atoms in total. The average molecular weight is 475 g/mol. The molecule has 0 saturated carbocycles. The molecule has 0 rings (SSSR count). The van der Waals surface area contributed by atoms with Crippen LogP contribution in [0.25, 0.3) is 0 Å². The topological polar surface area (TPSA) is 26.0 Å². The number of rotatable bonds is 0. The molecule has 0 aliphatic heterocycles. The molecule has 0 heterocycles. The molecule has 0 bridgehead atoms. The summed E-state index contributed by atoms with van der Waals surface area (Å²) in [4.78, 5) is 0. The molecule has 0 aromatic carbocycles. The molecule has 0 fully saturated rings. The van der Waals surface area contributed by atoms with Crippen molar-refractivity contribution in [3.8, 4) is 0 Å². The van der Waals surface area contributed by atoms with Crippen molar-refractivity contribution in [2.75, 3.05) is 7.05 Å². The van der Waals surface area contributed by atoms with Gasteiger partial charge in [0.2, 0.25) is 0 Å². The van der Waals surface area contributed by atoms with E-state index in [9.17, 15) is 0 Å². The zero-order valence-electron chi connectivity index (χ0n) is 2.70. The first kappa shape index (κ1) is 15.7. The Morgan fingerprint density at radius 2 is 1.40 bits per heavy atom. The monoisotopic (exact) mass is 474 g/mol. The summed E-state index contributed by atoms with van der Waals surface area (Å²) in [6, 6.07) is 0. The van der Waals surface area contributed by atoms with Crippen LogP contribution in [0.2, 0.25) is 0 Å². The van der Waals surface area contributed by atoms with Crippen LogP contribution in [0.15, 0.2) is 0 Å². The van der Waals surface area contributed by atoms with Crippen LogP contribution in [0.5, 0.6) is 0 Å². The van der Waals surface area contributed by atoms with Crippen LogP contribution < -0.4 is 5.73 Å². The van der Waals surface area contributed by atoms with E-state index in [1.165, 1.54) is 7.05 Å². The van der Waals surface area contributed by atoms with Crippen LogP contribution in [-0.2, 0) is 17.3 Å². The van der Waals surface area contributed by atoms with Gasteiger partial charge in [-0.3, -0.25) is 0 Å². The fourth-order valence-electron chi connectivity index (χ4n) is 0. The standard InChI is InChI=1S/CH5N.Ag.Bi.HI/c1-2;;;/h2H2,1H3;;;1H/q;+1;+3;/p-1. The molecule has 0 aliphatic rings. The van der Waals surface area contributed by atoms with Crippen LogP contribution in [0, 0.1) is 0 Å². The molecule has 0 atom stereocenters. The van der Waals surface area contributed by atoms with Gasteiger partial charge in [0, 0.05) is 0 Å². The SMILES string of the molecule is CN.[Ag][I].[Bi+3]. The Morgan fingerprint density at radius 1 is 1.40 bits per heavy atom. The molecule has 0 saturated heterocycles. The summed E-state index contributed by atoms with van der Waals surface area (Å²) in [5.74, 6) is 0. The van der Waals surface area contributed by atoms with Crippen molar-refractivity contribution >= 4 is 45.2 Å². The van der Waals surface area contributed by atoms with E-state index in [1.807, 2.05) is 19.0 Å². The quantitative estimate of drug-likeness (QED) is 0.391. The maximum absolute atomic E-state index is 4.50. The Balaban J connectivity index is -0.0000000133. The average Bonchev–Trinajstić information content (AvgIpc) is 1.50. The Hall–Kier alpha value is 2.31. The summed E-state index contributed by atoms with van der Waals surface area (Å²) in [5.41, 5.74) is 4.50. The Morgan fingerprint density at radius 3 is 1.40 bits per heavy atom. The number of hydrogen-bond acceptors (Lipinski definition) is 1. The predicted molar refractivity (Wildman–Crippen MR) is 29.9 cm³/mol. The van der Waals surface area contributed by atoms with Crippen molar-refractivity contribution in [3.63, 3.8) is 0 Å². The summed E-state index contributed by atoms with van der Waals surface area (Å²) in [6.45, 7) is 0. The third-order valence-corrected chi connectivity index (χ3v) is 0. The van der Waals surface area contributed by atoms with Crippen molar-refractivity contribution < 1.29 is 17.3 Å². The fourth-order valence-corrected chi connectivity index (χ4v) is 0. The predicted octanol–water partition coefficient (Wildman–Crippen LogP) is 0.0773. The second-order valence-corrected chi connectivity index (χ2v) is 0. The van der Waals surface area contributed by atoms with Gasteiger partial charge >= 0.3 is 62.5 Å².